The first-order chi connectivity index (χ1) is 9.29. The van der Waals surface area contributed by atoms with Crippen molar-refractivity contribution in [3.8, 4) is 0 Å². The fourth-order valence-corrected chi connectivity index (χ4v) is 2.06. The number of nitrogens with zero attached hydrogens (tertiary/aromatic N) is 1. The molecule has 104 valence electrons. The van der Waals surface area contributed by atoms with E-state index in [1.807, 2.05) is 18.2 Å². The monoisotopic (exact) mass is 264 g/mol. The van der Waals surface area contributed by atoms with E-state index in [1.54, 1.807) is 6.07 Å². The number of methoxy groups -OCH3 is 1. The highest BCUT2D eigenvalue weighted by molar-refractivity contribution is 5.90. The lowest BCUT2D eigenvalue weighted by Crippen LogP contribution is -2.39. The summed E-state index contributed by atoms with van der Waals surface area (Å²) in [6, 6.07) is 7.36. The number of anilines is 1. The molecule has 1 aromatic rings. The Morgan fingerprint density at radius 1 is 1.42 bits per heavy atom. The summed E-state index contributed by atoms with van der Waals surface area (Å²) in [6.07, 6.45) is 0. The number of hydrogen-bond acceptors (Lipinski definition) is 5. The van der Waals surface area contributed by atoms with Crippen LogP contribution in [0.1, 0.15) is 10.4 Å². The van der Waals surface area contributed by atoms with Crippen molar-refractivity contribution in [3.05, 3.63) is 29.8 Å². The van der Waals surface area contributed by atoms with Gasteiger partial charge in [0.25, 0.3) is 0 Å². The molecular formula is C14H20N2O3. The molecule has 1 N–H and O–H groups in total. The van der Waals surface area contributed by atoms with Gasteiger partial charge in [-0.25, -0.2) is 4.79 Å². The fraction of sp³-hybridized carbons (Fsp3) is 0.500. The van der Waals surface area contributed by atoms with Gasteiger partial charge in [-0.05, 0) is 18.2 Å². The molecular weight excluding hydrogens is 244 g/mol. The molecule has 1 aromatic carbocycles. The maximum absolute atomic E-state index is 11.4. The molecule has 0 unspecified atom stereocenters. The Bertz CT molecular complexity index is 417. The third-order valence-electron chi connectivity index (χ3n) is 3.14. The van der Waals surface area contributed by atoms with Gasteiger partial charge >= 0.3 is 5.97 Å². The number of esters is 1. The summed E-state index contributed by atoms with van der Waals surface area (Å²) < 4.78 is 10.0. The molecule has 0 aliphatic carbocycles. The summed E-state index contributed by atoms with van der Waals surface area (Å²) in [4.78, 5) is 13.8. The highest BCUT2D eigenvalue weighted by atomic mass is 16.5. The first-order valence-corrected chi connectivity index (χ1v) is 6.52. The molecule has 1 fully saturated rings. The van der Waals surface area contributed by atoms with E-state index in [0.29, 0.717) is 5.56 Å². The van der Waals surface area contributed by atoms with E-state index in [4.69, 9.17) is 9.47 Å². The van der Waals surface area contributed by atoms with Gasteiger partial charge in [0.1, 0.15) is 0 Å². The van der Waals surface area contributed by atoms with Gasteiger partial charge in [0.2, 0.25) is 0 Å². The molecule has 1 aliphatic heterocycles. The van der Waals surface area contributed by atoms with Gasteiger partial charge in [0, 0.05) is 31.9 Å². The standard InChI is InChI=1S/C14H20N2O3/c1-18-14(17)12-3-2-4-13(11-12)15-5-6-16-7-9-19-10-8-16/h2-4,11,15H,5-10H2,1H3. The number of ether oxygens (including phenoxy) is 2. The minimum absolute atomic E-state index is 0.308. The number of morpholine rings is 1. The molecule has 1 aliphatic rings. The molecule has 0 atom stereocenters. The second-order valence-electron chi connectivity index (χ2n) is 4.45. The molecule has 0 spiro atoms. The van der Waals surface area contributed by atoms with Gasteiger partial charge in [0.05, 0.1) is 25.9 Å². The predicted octanol–water partition coefficient (Wildman–Crippen LogP) is 1.22. The van der Waals surface area contributed by atoms with Crippen molar-refractivity contribution in [1.29, 1.82) is 0 Å². The summed E-state index contributed by atoms with van der Waals surface area (Å²) in [5.41, 5.74) is 1.51. The number of benzene rings is 1. The maximum atomic E-state index is 11.4. The summed E-state index contributed by atoms with van der Waals surface area (Å²) in [7, 11) is 1.39. The first kappa shape index (κ1) is 13.8. The topological polar surface area (TPSA) is 50.8 Å². The van der Waals surface area contributed by atoms with Crippen LogP contribution in [0.25, 0.3) is 0 Å². The van der Waals surface area contributed by atoms with Crippen LogP contribution in [-0.4, -0.2) is 57.4 Å². The van der Waals surface area contributed by atoms with Crippen molar-refractivity contribution in [2.45, 2.75) is 0 Å². The quantitative estimate of drug-likeness (QED) is 0.810. The average Bonchev–Trinajstić information content (AvgIpc) is 2.48. The molecule has 5 heteroatoms. The zero-order valence-electron chi connectivity index (χ0n) is 11.2. The second kappa shape index (κ2) is 7.11. The average molecular weight is 264 g/mol. The van der Waals surface area contributed by atoms with Crippen molar-refractivity contribution in [1.82, 2.24) is 4.90 Å². The summed E-state index contributed by atoms with van der Waals surface area (Å²) in [5, 5.41) is 3.32. The van der Waals surface area contributed by atoms with Crippen molar-refractivity contribution in [2.75, 3.05) is 51.8 Å². The van der Waals surface area contributed by atoms with Crippen molar-refractivity contribution >= 4 is 11.7 Å². The van der Waals surface area contributed by atoms with Gasteiger partial charge in [0.15, 0.2) is 0 Å². The van der Waals surface area contributed by atoms with E-state index in [1.165, 1.54) is 7.11 Å². The highest BCUT2D eigenvalue weighted by Gasteiger charge is 2.09. The van der Waals surface area contributed by atoms with Gasteiger partial charge in [-0.1, -0.05) is 6.07 Å². The van der Waals surface area contributed by atoms with Gasteiger partial charge in [-0.3, -0.25) is 4.90 Å². The number of hydrogen-bond donors (Lipinski definition) is 1. The van der Waals surface area contributed by atoms with Crippen LogP contribution in [-0.2, 0) is 9.47 Å². The molecule has 2 rings (SSSR count). The van der Waals surface area contributed by atoms with E-state index in [-0.39, 0.29) is 5.97 Å². The molecule has 0 radical (unpaired) electrons. The van der Waals surface area contributed by atoms with Gasteiger partial charge in [-0.2, -0.15) is 0 Å². The van der Waals surface area contributed by atoms with E-state index in [9.17, 15) is 4.79 Å². The number of nitrogens with one attached hydrogen (secondary N) is 1. The Labute approximate surface area is 113 Å². The van der Waals surface area contributed by atoms with Crippen LogP contribution in [0.4, 0.5) is 5.69 Å². The minimum atomic E-state index is -0.308. The third-order valence-corrected chi connectivity index (χ3v) is 3.14. The molecule has 5 nitrogen and oxygen atoms in total. The number of carbonyl (C=O) groups is 1. The van der Waals surface area contributed by atoms with Gasteiger partial charge in [-0.15, -0.1) is 0 Å². The molecule has 0 aromatic heterocycles. The summed E-state index contributed by atoms with van der Waals surface area (Å²) in [6.45, 7) is 5.44. The smallest absolute Gasteiger partial charge is 0.337 e. The Hall–Kier alpha value is -1.59. The normalized spacial score (nSPS) is 16.1. The van der Waals surface area contributed by atoms with E-state index < -0.39 is 0 Å². The third kappa shape index (κ3) is 4.22. The van der Waals surface area contributed by atoms with Crippen LogP contribution < -0.4 is 5.32 Å². The SMILES string of the molecule is COC(=O)c1cccc(NCCN2CCOCC2)c1. The Balaban J connectivity index is 1.80. The van der Waals surface area contributed by atoms with Crippen LogP contribution in [0.5, 0.6) is 0 Å². The molecule has 0 amide bonds. The lowest BCUT2D eigenvalue weighted by atomic mass is 10.2. The van der Waals surface area contributed by atoms with Crippen molar-refractivity contribution in [2.24, 2.45) is 0 Å². The minimum Gasteiger partial charge on any atom is -0.465 e. The zero-order valence-corrected chi connectivity index (χ0v) is 11.2. The number of rotatable bonds is 5. The largest absolute Gasteiger partial charge is 0.465 e. The lowest BCUT2D eigenvalue weighted by molar-refractivity contribution is 0.0398. The fourth-order valence-electron chi connectivity index (χ4n) is 2.06. The zero-order chi connectivity index (χ0) is 13.5. The van der Waals surface area contributed by atoms with Crippen LogP contribution in [0.3, 0.4) is 0 Å². The van der Waals surface area contributed by atoms with Crippen molar-refractivity contribution < 1.29 is 14.3 Å². The second-order valence-corrected chi connectivity index (χ2v) is 4.45. The number of carbonyl (C=O) groups excluding carboxylic acids is 1. The van der Waals surface area contributed by atoms with Crippen LogP contribution in [0.15, 0.2) is 24.3 Å². The Kier molecular flexibility index (Phi) is 5.18. The Morgan fingerprint density at radius 2 is 2.21 bits per heavy atom. The van der Waals surface area contributed by atoms with E-state index in [0.717, 1.165) is 45.1 Å². The molecule has 1 saturated heterocycles. The van der Waals surface area contributed by atoms with Gasteiger partial charge < -0.3 is 14.8 Å². The summed E-state index contributed by atoms with van der Waals surface area (Å²) in [5.74, 6) is -0.308. The maximum Gasteiger partial charge on any atom is 0.337 e. The van der Waals surface area contributed by atoms with Crippen molar-refractivity contribution in [3.63, 3.8) is 0 Å². The van der Waals surface area contributed by atoms with Crippen LogP contribution >= 0.6 is 0 Å². The Morgan fingerprint density at radius 3 is 2.95 bits per heavy atom. The molecule has 1 heterocycles. The van der Waals surface area contributed by atoms with E-state index >= 15 is 0 Å². The van der Waals surface area contributed by atoms with Crippen LogP contribution in [0.2, 0.25) is 0 Å². The molecule has 19 heavy (non-hydrogen) atoms. The van der Waals surface area contributed by atoms with Crippen LogP contribution in [0, 0.1) is 0 Å². The van der Waals surface area contributed by atoms with E-state index in [2.05, 4.69) is 10.2 Å². The highest BCUT2D eigenvalue weighted by Crippen LogP contribution is 2.11. The molecule has 0 bridgehead atoms. The first-order valence-electron chi connectivity index (χ1n) is 6.52. The lowest BCUT2D eigenvalue weighted by Gasteiger charge is -2.26. The summed E-state index contributed by atoms with van der Waals surface area (Å²) >= 11 is 0. The predicted molar refractivity (Wildman–Crippen MR) is 73.5 cm³/mol. The molecule has 0 saturated carbocycles.